The molecule has 1 rings (SSSR count). The monoisotopic (exact) mass is 342 g/mol. The highest BCUT2D eigenvalue weighted by Crippen LogP contribution is 2.37. The molecule has 0 aromatic heterocycles. The van der Waals surface area contributed by atoms with Crippen LogP contribution in [0.4, 0.5) is 0 Å². The lowest BCUT2D eigenvalue weighted by atomic mass is 10.3. The minimum Gasteiger partial charge on any atom is -0.496 e. The predicted octanol–water partition coefficient (Wildman–Crippen LogP) is 3.98. The van der Waals surface area contributed by atoms with Gasteiger partial charge in [-0.2, -0.15) is 0 Å². The fourth-order valence-corrected chi connectivity index (χ4v) is 2.10. The zero-order valence-electron chi connectivity index (χ0n) is 5.70. The topological polar surface area (TPSA) is 9.23 Å². The second kappa shape index (κ2) is 3.92. The Labute approximate surface area is 90.5 Å². The van der Waals surface area contributed by atoms with Gasteiger partial charge in [0.1, 0.15) is 5.75 Å². The van der Waals surface area contributed by atoms with Gasteiger partial charge in [-0.15, -0.1) is 0 Å². The number of methoxy groups -OCH3 is 1. The van der Waals surface area contributed by atoms with Crippen molar-refractivity contribution >= 4 is 47.8 Å². The average Bonchev–Trinajstić information content (AvgIpc) is 2.01. The number of ether oxygens (including phenoxy) is 1. The Morgan fingerprint density at radius 1 is 1.09 bits per heavy atom. The van der Waals surface area contributed by atoms with Gasteiger partial charge in [0.15, 0.2) is 0 Å². The van der Waals surface area contributed by atoms with E-state index in [9.17, 15) is 0 Å². The molecule has 0 saturated carbocycles. The van der Waals surface area contributed by atoms with Crippen molar-refractivity contribution in [3.63, 3.8) is 0 Å². The van der Waals surface area contributed by atoms with Gasteiger partial charge in [-0.05, 0) is 59.9 Å². The van der Waals surface area contributed by atoms with Crippen molar-refractivity contribution in [1.29, 1.82) is 0 Å². The van der Waals surface area contributed by atoms with Gasteiger partial charge in [0.05, 0.1) is 11.6 Å². The molecule has 0 spiro atoms. The van der Waals surface area contributed by atoms with Crippen LogP contribution in [-0.4, -0.2) is 7.11 Å². The van der Waals surface area contributed by atoms with Gasteiger partial charge < -0.3 is 4.74 Å². The summed E-state index contributed by atoms with van der Waals surface area (Å²) >= 11 is 10.2. The van der Waals surface area contributed by atoms with Crippen molar-refractivity contribution in [1.82, 2.24) is 0 Å². The van der Waals surface area contributed by atoms with E-state index in [-0.39, 0.29) is 0 Å². The molecule has 0 atom stereocenters. The molecule has 0 unspecified atom stereocenters. The van der Waals surface area contributed by atoms with Crippen LogP contribution in [0.15, 0.2) is 25.6 Å². The van der Waals surface area contributed by atoms with E-state index in [2.05, 4.69) is 47.8 Å². The quantitative estimate of drug-likeness (QED) is 0.700. The summed E-state index contributed by atoms with van der Waals surface area (Å²) in [7, 11) is 1.64. The van der Waals surface area contributed by atoms with Crippen molar-refractivity contribution in [2.24, 2.45) is 0 Å². The first kappa shape index (κ1) is 9.55. The number of hydrogen-bond acceptors (Lipinski definition) is 1. The Kier molecular flexibility index (Phi) is 3.40. The zero-order chi connectivity index (χ0) is 8.43. The van der Waals surface area contributed by atoms with Crippen LogP contribution in [0.5, 0.6) is 5.75 Å². The molecule has 0 saturated heterocycles. The molecule has 0 aliphatic heterocycles. The van der Waals surface area contributed by atoms with Crippen LogP contribution in [-0.2, 0) is 0 Å². The summed E-state index contributed by atoms with van der Waals surface area (Å²) in [6.07, 6.45) is 0. The average molecular weight is 345 g/mol. The molecule has 1 nitrogen and oxygen atoms in total. The third kappa shape index (κ3) is 1.98. The summed E-state index contributed by atoms with van der Waals surface area (Å²) < 4.78 is 7.98. The van der Waals surface area contributed by atoms with E-state index in [1.54, 1.807) is 7.11 Å². The molecule has 4 heteroatoms. The van der Waals surface area contributed by atoms with E-state index >= 15 is 0 Å². The molecule has 0 aliphatic carbocycles. The Bertz CT molecular complexity index is 273. The minimum absolute atomic E-state index is 0.820. The van der Waals surface area contributed by atoms with E-state index in [0.29, 0.717) is 0 Å². The van der Waals surface area contributed by atoms with Gasteiger partial charge in [-0.25, -0.2) is 0 Å². The number of benzene rings is 1. The second-order valence-electron chi connectivity index (χ2n) is 1.88. The van der Waals surface area contributed by atoms with E-state index < -0.39 is 0 Å². The molecule has 1 aromatic carbocycles. The first-order valence-corrected chi connectivity index (χ1v) is 5.22. The molecule has 0 aliphatic rings. The van der Waals surface area contributed by atoms with Gasteiger partial charge in [0.2, 0.25) is 0 Å². The lowest BCUT2D eigenvalue weighted by Gasteiger charge is -2.05. The maximum Gasteiger partial charge on any atom is 0.134 e. The summed E-state index contributed by atoms with van der Waals surface area (Å²) in [5.41, 5.74) is 0. The number of rotatable bonds is 1. The van der Waals surface area contributed by atoms with Crippen molar-refractivity contribution < 1.29 is 4.74 Å². The highest BCUT2D eigenvalue weighted by molar-refractivity contribution is 9.14. The first-order valence-electron chi connectivity index (χ1n) is 2.84. The number of hydrogen-bond donors (Lipinski definition) is 0. The van der Waals surface area contributed by atoms with Crippen LogP contribution in [0.2, 0.25) is 0 Å². The first-order chi connectivity index (χ1) is 5.16. The molecule has 0 bridgehead atoms. The Balaban J connectivity index is 3.25. The molecular formula is C7H5Br3O. The maximum atomic E-state index is 5.08. The highest BCUT2D eigenvalue weighted by atomic mass is 79.9. The smallest absolute Gasteiger partial charge is 0.134 e. The van der Waals surface area contributed by atoms with Crippen LogP contribution in [0.1, 0.15) is 0 Å². The summed E-state index contributed by atoms with van der Waals surface area (Å²) in [6.45, 7) is 0. The summed E-state index contributed by atoms with van der Waals surface area (Å²) in [5, 5.41) is 0. The molecule has 11 heavy (non-hydrogen) atoms. The molecule has 0 N–H and O–H groups in total. The third-order valence-corrected chi connectivity index (χ3v) is 4.56. The van der Waals surface area contributed by atoms with E-state index in [1.165, 1.54) is 0 Å². The maximum absolute atomic E-state index is 5.08. The Morgan fingerprint density at radius 3 is 2.27 bits per heavy atom. The van der Waals surface area contributed by atoms with Gasteiger partial charge in [0, 0.05) is 8.95 Å². The minimum atomic E-state index is 0.820. The lowest BCUT2D eigenvalue weighted by Crippen LogP contribution is -1.84. The van der Waals surface area contributed by atoms with Crippen LogP contribution in [0, 0.1) is 0 Å². The van der Waals surface area contributed by atoms with Gasteiger partial charge in [-0.1, -0.05) is 0 Å². The molecule has 0 fully saturated rings. The van der Waals surface area contributed by atoms with Gasteiger partial charge in [0.25, 0.3) is 0 Å². The Morgan fingerprint density at radius 2 is 1.73 bits per heavy atom. The fourth-order valence-electron chi connectivity index (χ4n) is 0.666. The van der Waals surface area contributed by atoms with E-state index in [1.807, 2.05) is 12.1 Å². The number of halogens is 3. The lowest BCUT2D eigenvalue weighted by molar-refractivity contribution is 0.411. The largest absolute Gasteiger partial charge is 0.496 e. The van der Waals surface area contributed by atoms with Crippen molar-refractivity contribution in [3.05, 3.63) is 25.6 Å². The summed E-state index contributed by atoms with van der Waals surface area (Å²) in [4.78, 5) is 0. The summed E-state index contributed by atoms with van der Waals surface area (Å²) in [6, 6.07) is 3.81. The van der Waals surface area contributed by atoms with Crippen LogP contribution in [0.3, 0.4) is 0 Å². The van der Waals surface area contributed by atoms with Crippen LogP contribution >= 0.6 is 47.8 Å². The standard InChI is InChI=1S/C7H5Br3O/c1-11-5-3-2-4(8)6(9)7(5)10/h2-3H,1H3. The van der Waals surface area contributed by atoms with Crippen molar-refractivity contribution in [2.45, 2.75) is 0 Å². The third-order valence-electron chi connectivity index (χ3n) is 1.22. The molecule has 0 heterocycles. The molecular weight excluding hydrogens is 340 g/mol. The van der Waals surface area contributed by atoms with Crippen LogP contribution in [0.25, 0.3) is 0 Å². The zero-order valence-corrected chi connectivity index (χ0v) is 10.5. The Hall–Kier alpha value is 0.460. The van der Waals surface area contributed by atoms with Crippen molar-refractivity contribution in [2.75, 3.05) is 7.11 Å². The summed E-state index contributed by atoms with van der Waals surface area (Å²) in [5.74, 6) is 0.820. The van der Waals surface area contributed by atoms with Crippen LogP contribution < -0.4 is 4.74 Å². The molecule has 60 valence electrons. The highest BCUT2D eigenvalue weighted by Gasteiger charge is 2.06. The van der Waals surface area contributed by atoms with Gasteiger partial charge >= 0.3 is 0 Å². The molecule has 0 radical (unpaired) electrons. The fraction of sp³-hybridized carbons (Fsp3) is 0.143. The molecule has 1 aromatic rings. The van der Waals surface area contributed by atoms with Gasteiger partial charge in [-0.3, -0.25) is 0 Å². The predicted molar refractivity (Wildman–Crippen MR) is 56.1 cm³/mol. The normalized spacial score (nSPS) is 9.82. The SMILES string of the molecule is COc1ccc(Br)c(Br)c1Br. The van der Waals surface area contributed by atoms with E-state index in [4.69, 9.17) is 4.74 Å². The van der Waals surface area contributed by atoms with E-state index in [0.717, 1.165) is 19.2 Å². The molecule has 0 amide bonds. The second-order valence-corrected chi connectivity index (χ2v) is 4.32. The van der Waals surface area contributed by atoms with Crippen molar-refractivity contribution in [3.8, 4) is 5.75 Å².